The Morgan fingerprint density at radius 3 is 2.52 bits per heavy atom. The monoisotopic (exact) mass is 451 g/mol. The van der Waals surface area contributed by atoms with Gasteiger partial charge in [0.2, 0.25) is 5.88 Å². The molecule has 4 rings (SSSR count). The number of ether oxygens (including phenoxy) is 1. The van der Waals surface area contributed by atoms with Gasteiger partial charge in [0.25, 0.3) is 0 Å². The van der Waals surface area contributed by atoms with Crippen molar-refractivity contribution in [3.05, 3.63) is 83.5 Å². The molecule has 0 saturated heterocycles. The molecular formula is C25H26ClN3OS. The highest BCUT2D eigenvalue weighted by Crippen LogP contribution is 2.39. The highest BCUT2D eigenvalue weighted by atomic mass is 35.5. The Hall–Kier alpha value is -2.63. The molecule has 1 saturated carbocycles. The Kier molecular flexibility index (Phi) is 7.05. The van der Waals surface area contributed by atoms with Crippen LogP contribution in [0.15, 0.2) is 72.9 Å². The van der Waals surface area contributed by atoms with Crippen molar-refractivity contribution in [3.8, 4) is 11.6 Å². The largest absolute Gasteiger partial charge is 0.439 e. The molecule has 1 aromatic heterocycles. The number of hydrogen-bond donors (Lipinski definition) is 2. The number of rotatable bonds is 6. The molecule has 2 N–H and O–H groups in total. The van der Waals surface area contributed by atoms with Crippen molar-refractivity contribution in [2.75, 3.05) is 11.9 Å². The Morgan fingerprint density at radius 1 is 1.00 bits per heavy atom. The summed E-state index contributed by atoms with van der Waals surface area (Å²) in [5.41, 5.74) is 2.16. The van der Waals surface area contributed by atoms with Gasteiger partial charge in [-0.3, -0.25) is 0 Å². The smallest absolute Gasteiger partial charge is 0.219 e. The molecule has 3 aromatic rings. The van der Waals surface area contributed by atoms with Gasteiger partial charge in [0.1, 0.15) is 5.75 Å². The Labute approximate surface area is 194 Å². The van der Waals surface area contributed by atoms with Gasteiger partial charge in [-0.2, -0.15) is 0 Å². The van der Waals surface area contributed by atoms with Crippen LogP contribution in [0.25, 0.3) is 0 Å². The average molecular weight is 452 g/mol. The summed E-state index contributed by atoms with van der Waals surface area (Å²) >= 11 is 11.8. The first-order valence-electron chi connectivity index (χ1n) is 10.6. The fraction of sp³-hybridized carbons (Fsp3) is 0.280. The quantitative estimate of drug-likeness (QED) is 0.407. The molecule has 160 valence electrons. The van der Waals surface area contributed by atoms with Crippen LogP contribution >= 0.6 is 23.8 Å². The van der Waals surface area contributed by atoms with Crippen LogP contribution < -0.4 is 15.4 Å². The first kappa shape index (κ1) is 21.6. The zero-order chi connectivity index (χ0) is 21.5. The summed E-state index contributed by atoms with van der Waals surface area (Å²) in [5.74, 6) is 1.30. The summed E-state index contributed by atoms with van der Waals surface area (Å²) < 4.78 is 5.74. The number of thiocarbonyl (C=S) groups is 1. The number of nitrogens with one attached hydrogen (secondary N) is 2. The summed E-state index contributed by atoms with van der Waals surface area (Å²) in [6.07, 6.45) is 7.72. The molecule has 0 aliphatic heterocycles. The normalized spacial score (nSPS) is 15.1. The topological polar surface area (TPSA) is 46.2 Å². The lowest BCUT2D eigenvalue weighted by Gasteiger charge is -2.38. The first-order valence-corrected chi connectivity index (χ1v) is 11.4. The van der Waals surface area contributed by atoms with Crippen molar-refractivity contribution in [2.45, 2.75) is 37.5 Å². The van der Waals surface area contributed by atoms with Gasteiger partial charge in [0, 0.05) is 23.0 Å². The van der Waals surface area contributed by atoms with Gasteiger partial charge < -0.3 is 15.4 Å². The molecular weight excluding hydrogens is 426 g/mol. The van der Waals surface area contributed by atoms with E-state index in [0.717, 1.165) is 35.8 Å². The highest BCUT2D eigenvalue weighted by molar-refractivity contribution is 7.80. The number of aromatic nitrogens is 1. The van der Waals surface area contributed by atoms with E-state index in [4.69, 9.17) is 28.6 Å². The second kappa shape index (κ2) is 10.1. The summed E-state index contributed by atoms with van der Waals surface area (Å²) in [7, 11) is 0. The van der Waals surface area contributed by atoms with Gasteiger partial charge in [0.15, 0.2) is 5.11 Å². The summed E-state index contributed by atoms with van der Waals surface area (Å²) in [4.78, 5) is 4.36. The van der Waals surface area contributed by atoms with Gasteiger partial charge in [-0.1, -0.05) is 61.2 Å². The molecule has 6 heteroatoms. The Morgan fingerprint density at radius 2 is 1.81 bits per heavy atom. The van der Waals surface area contributed by atoms with Crippen molar-refractivity contribution in [1.82, 2.24) is 10.3 Å². The van der Waals surface area contributed by atoms with E-state index in [1.165, 1.54) is 24.8 Å². The third-order valence-electron chi connectivity index (χ3n) is 5.79. The second-order valence-electron chi connectivity index (χ2n) is 7.96. The third kappa shape index (κ3) is 5.75. The molecule has 1 aliphatic rings. The van der Waals surface area contributed by atoms with Crippen LogP contribution in [-0.4, -0.2) is 16.6 Å². The number of pyridine rings is 1. The van der Waals surface area contributed by atoms with Crippen LogP contribution in [0, 0.1) is 0 Å². The maximum absolute atomic E-state index is 6.28. The molecule has 4 nitrogen and oxygen atoms in total. The zero-order valence-corrected chi connectivity index (χ0v) is 18.9. The third-order valence-corrected chi connectivity index (χ3v) is 6.28. The second-order valence-corrected chi connectivity index (χ2v) is 8.80. The predicted molar refractivity (Wildman–Crippen MR) is 131 cm³/mol. The first-order chi connectivity index (χ1) is 15.1. The minimum absolute atomic E-state index is 0.0561. The molecule has 0 spiro atoms. The number of benzene rings is 2. The molecule has 0 unspecified atom stereocenters. The summed E-state index contributed by atoms with van der Waals surface area (Å²) in [5, 5.41) is 8.03. The molecule has 1 heterocycles. The average Bonchev–Trinajstić information content (AvgIpc) is 2.80. The molecule has 0 atom stereocenters. The van der Waals surface area contributed by atoms with E-state index in [9.17, 15) is 0 Å². The van der Waals surface area contributed by atoms with Crippen LogP contribution in [0.3, 0.4) is 0 Å². The maximum atomic E-state index is 6.28. The molecule has 1 fully saturated rings. The lowest BCUT2D eigenvalue weighted by molar-refractivity contribution is 0.292. The molecule has 0 bridgehead atoms. The molecule has 31 heavy (non-hydrogen) atoms. The minimum atomic E-state index is 0.0561. The number of hydrogen-bond acceptors (Lipinski definition) is 3. The Bertz CT molecular complexity index is 1000. The van der Waals surface area contributed by atoms with Gasteiger partial charge in [-0.15, -0.1) is 0 Å². The highest BCUT2D eigenvalue weighted by Gasteiger charge is 2.34. The predicted octanol–water partition coefficient (Wildman–Crippen LogP) is 6.72. The van der Waals surface area contributed by atoms with E-state index in [2.05, 4.69) is 27.8 Å². The number of nitrogens with zero attached hydrogens (tertiary/aromatic N) is 1. The van der Waals surface area contributed by atoms with Crippen molar-refractivity contribution in [2.24, 2.45) is 0 Å². The van der Waals surface area contributed by atoms with Crippen LogP contribution in [0.2, 0.25) is 5.02 Å². The summed E-state index contributed by atoms with van der Waals surface area (Å²) in [6, 6.07) is 21.6. The van der Waals surface area contributed by atoms with Crippen molar-refractivity contribution in [3.63, 3.8) is 0 Å². The number of para-hydroxylation sites is 1. The van der Waals surface area contributed by atoms with E-state index < -0.39 is 0 Å². The molecule has 1 aliphatic carbocycles. The molecule has 0 amide bonds. The fourth-order valence-electron chi connectivity index (χ4n) is 4.16. The van der Waals surface area contributed by atoms with E-state index in [-0.39, 0.29) is 5.41 Å². The lowest BCUT2D eigenvalue weighted by Crippen LogP contribution is -2.43. The van der Waals surface area contributed by atoms with Crippen molar-refractivity contribution >= 4 is 34.6 Å². The van der Waals surface area contributed by atoms with E-state index in [1.54, 1.807) is 6.20 Å². The van der Waals surface area contributed by atoms with Gasteiger partial charge in [0.05, 0.1) is 11.9 Å². The molecule has 2 aromatic carbocycles. The molecule has 0 radical (unpaired) electrons. The zero-order valence-electron chi connectivity index (χ0n) is 17.3. The fourth-order valence-corrected chi connectivity index (χ4v) is 4.54. The van der Waals surface area contributed by atoms with E-state index in [0.29, 0.717) is 11.0 Å². The van der Waals surface area contributed by atoms with Crippen LogP contribution in [0.5, 0.6) is 11.6 Å². The van der Waals surface area contributed by atoms with Gasteiger partial charge in [-0.25, -0.2) is 4.98 Å². The van der Waals surface area contributed by atoms with Crippen LogP contribution in [0.4, 0.5) is 5.69 Å². The van der Waals surface area contributed by atoms with Crippen LogP contribution in [-0.2, 0) is 5.41 Å². The minimum Gasteiger partial charge on any atom is -0.439 e. The standard InChI is InChI=1S/C25H26ClN3OS/c26-20-9-7-8-19(16-20)25(14-5-2-6-15-25)18-28-24(31)29-21-12-13-23(27-17-21)30-22-10-3-1-4-11-22/h1,3-4,7-13,16-17H,2,5-6,14-15,18H2,(H2,28,29,31). The van der Waals surface area contributed by atoms with Crippen LogP contribution in [0.1, 0.15) is 37.7 Å². The van der Waals surface area contributed by atoms with Gasteiger partial charge in [-0.05, 0) is 61.0 Å². The Balaban J connectivity index is 1.36. The summed E-state index contributed by atoms with van der Waals surface area (Å²) in [6.45, 7) is 0.780. The van der Waals surface area contributed by atoms with Crippen molar-refractivity contribution in [1.29, 1.82) is 0 Å². The number of anilines is 1. The van der Waals surface area contributed by atoms with Gasteiger partial charge >= 0.3 is 0 Å². The maximum Gasteiger partial charge on any atom is 0.219 e. The van der Waals surface area contributed by atoms with Crippen molar-refractivity contribution < 1.29 is 4.74 Å². The SMILES string of the molecule is S=C(NCC1(c2cccc(Cl)c2)CCCCC1)Nc1ccc(Oc2ccccc2)nc1. The van der Waals surface area contributed by atoms with E-state index >= 15 is 0 Å². The number of halogens is 1. The lowest BCUT2D eigenvalue weighted by atomic mass is 9.69. The van der Waals surface area contributed by atoms with E-state index in [1.807, 2.05) is 54.6 Å².